The fraction of sp³-hybridized carbons (Fsp3) is 0.409. The lowest BCUT2D eigenvalue weighted by Gasteiger charge is -2.26. The molecule has 1 aromatic carbocycles. The molecule has 0 aliphatic heterocycles. The first-order valence-electron chi connectivity index (χ1n) is 9.88. The van der Waals surface area contributed by atoms with Crippen LogP contribution < -0.4 is 5.32 Å². The van der Waals surface area contributed by atoms with E-state index >= 15 is 0 Å². The molecule has 6 nitrogen and oxygen atoms in total. The molecule has 3 rings (SSSR count). The Kier molecular flexibility index (Phi) is 6.09. The van der Waals surface area contributed by atoms with Crippen molar-refractivity contribution >= 4 is 16.9 Å². The maximum Gasteiger partial charge on any atom is 0.252 e. The number of hydrogen-bond donors (Lipinski definition) is 1. The summed E-state index contributed by atoms with van der Waals surface area (Å²) in [5, 5.41) is 8.41. The number of hydrogen-bond acceptors (Lipinski definition) is 4. The number of nitrogens with zero attached hydrogens (tertiary/aromatic N) is 4. The quantitative estimate of drug-likeness (QED) is 0.683. The highest BCUT2D eigenvalue weighted by molar-refractivity contribution is 6.07. The van der Waals surface area contributed by atoms with Crippen LogP contribution in [-0.4, -0.2) is 51.2 Å². The Morgan fingerprint density at radius 1 is 1.21 bits per heavy atom. The molecule has 1 atom stereocenters. The number of aromatic nitrogens is 3. The molecule has 0 saturated heterocycles. The van der Waals surface area contributed by atoms with Crippen molar-refractivity contribution in [1.29, 1.82) is 0 Å². The van der Waals surface area contributed by atoms with Gasteiger partial charge in [0.2, 0.25) is 0 Å². The van der Waals surface area contributed by atoms with Crippen LogP contribution >= 0.6 is 0 Å². The third-order valence-electron chi connectivity index (χ3n) is 5.28. The summed E-state index contributed by atoms with van der Waals surface area (Å²) in [4.78, 5) is 20.2. The van der Waals surface area contributed by atoms with Gasteiger partial charge in [-0.15, -0.1) is 0 Å². The number of amides is 1. The fourth-order valence-corrected chi connectivity index (χ4v) is 3.69. The van der Waals surface area contributed by atoms with E-state index in [0.717, 1.165) is 41.1 Å². The lowest BCUT2D eigenvalue weighted by molar-refractivity contribution is 0.0939. The van der Waals surface area contributed by atoms with E-state index in [9.17, 15) is 4.79 Å². The zero-order valence-corrected chi connectivity index (χ0v) is 17.4. The van der Waals surface area contributed by atoms with Crippen LogP contribution in [0.25, 0.3) is 22.3 Å². The predicted octanol–water partition coefficient (Wildman–Crippen LogP) is 3.40. The summed E-state index contributed by atoms with van der Waals surface area (Å²) in [5.74, 6) is -0.0836. The number of likely N-dealkylation sites (N-methyl/N-ethyl adjacent to an activating group) is 1. The smallest absolute Gasteiger partial charge is 0.252 e. The lowest BCUT2D eigenvalue weighted by atomic mass is 10.0. The normalized spacial score (nSPS) is 12.5. The molecular formula is C22H29N5O. The largest absolute Gasteiger partial charge is 0.350 e. The molecule has 2 heterocycles. The van der Waals surface area contributed by atoms with Crippen molar-refractivity contribution in [1.82, 2.24) is 25.0 Å². The van der Waals surface area contributed by atoms with Gasteiger partial charge in [-0.2, -0.15) is 5.10 Å². The number of carbonyl (C=O) groups is 1. The number of pyridine rings is 1. The molecule has 0 aliphatic carbocycles. The van der Waals surface area contributed by atoms with E-state index in [-0.39, 0.29) is 11.9 Å². The second-order valence-electron chi connectivity index (χ2n) is 7.11. The summed E-state index contributed by atoms with van der Waals surface area (Å²) in [6, 6.07) is 12.1. The molecule has 0 saturated carbocycles. The van der Waals surface area contributed by atoms with Crippen LogP contribution in [0.15, 0.2) is 36.4 Å². The summed E-state index contributed by atoms with van der Waals surface area (Å²) in [7, 11) is 1.86. The van der Waals surface area contributed by atoms with Crippen molar-refractivity contribution in [3.8, 4) is 11.3 Å². The average Bonchev–Trinajstić information content (AvgIpc) is 3.00. The average molecular weight is 380 g/mol. The Morgan fingerprint density at radius 2 is 1.89 bits per heavy atom. The summed E-state index contributed by atoms with van der Waals surface area (Å²) in [5.41, 5.74) is 3.92. The fourth-order valence-electron chi connectivity index (χ4n) is 3.69. The second-order valence-corrected chi connectivity index (χ2v) is 7.11. The highest BCUT2D eigenvalue weighted by Gasteiger charge is 2.20. The molecule has 1 N–H and O–H groups in total. The van der Waals surface area contributed by atoms with Crippen molar-refractivity contribution in [2.24, 2.45) is 7.05 Å². The van der Waals surface area contributed by atoms with Crippen LogP contribution in [0.3, 0.4) is 0 Å². The van der Waals surface area contributed by atoms with Crippen LogP contribution in [0.2, 0.25) is 0 Å². The molecule has 0 bridgehead atoms. The molecule has 2 aromatic heterocycles. The van der Waals surface area contributed by atoms with Crippen molar-refractivity contribution in [3.05, 3.63) is 47.7 Å². The number of benzene rings is 1. The highest BCUT2D eigenvalue weighted by atomic mass is 16.1. The van der Waals surface area contributed by atoms with Crippen molar-refractivity contribution in [2.75, 3.05) is 19.6 Å². The van der Waals surface area contributed by atoms with Gasteiger partial charge >= 0.3 is 0 Å². The van der Waals surface area contributed by atoms with Crippen molar-refractivity contribution in [2.45, 2.75) is 33.7 Å². The van der Waals surface area contributed by atoms with E-state index in [0.29, 0.717) is 12.1 Å². The minimum absolute atomic E-state index is 0.0836. The zero-order valence-electron chi connectivity index (χ0n) is 17.4. The second kappa shape index (κ2) is 8.52. The first kappa shape index (κ1) is 20.0. The van der Waals surface area contributed by atoms with Gasteiger partial charge in [0.25, 0.3) is 5.91 Å². The number of nitrogens with one attached hydrogen (secondary N) is 1. The molecule has 1 amide bonds. The Labute approximate surface area is 166 Å². The molecule has 0 spiro atoms. The van der Waals surface area contributed by atoms with Gasteiger partial charge in [-0.25, -0.2) is 4.98 Å². The number of fused-ring (bicyclic) bond motifs is 1. The molecule has 6 heteroatoms. The van der Waals surface area contributed by atoms with Crippen LogP contribution in [0.1, 0.15) is 36.8 Å². The van der Waals surface area contributed by atoms with E-state index in [1.165, 1.54) is 0 Å². The van der Waals surface area contributed by atoms with Crippen LogP contribution in [0.5, 0.6) is 0 Å². The van der Waals surface area contributed by atoms with Gasteiger partial charge in [0.15, 0.2) is 5.65 Å². The van der Waals surface area contributed by atoms with E-state index < -0.39 is 0 Å². The Bertz CT molecular complexity index is 960. The maximum absolute atomic E-state index is 13.1. The number of rotatable bonds is 7. The third kappa shape index (κ3) is 3.92. The van der Waals surface area contributed by atoms with Crippen molar-refractivity contribution < 1.29 is 4.79 Å². The Morgan fingerprint density at radius 3 is 2.54 bits per heavy atom. The predicted molar refractivity (Wildman–Crippen MR) is 113 cm³/mol. The van der Waals surface area contributed by atoms with Crippen LogP contribution in [-0.2, 0) is 7.05 Å². The summed E-state index contributed by atoms with van der Waals surface area (Å²) in [6.07, 6.45) is 0. The van der Waals surface area contributed by atoms with Gasteiger partial charge in [0.05, 0.1) is 22.3 Å². The molecule has 3 aromatic rings. The van der Waals surface area contributed by atoms with Gasteiger partial charge in [-0.1, -0.05) is 44.2 Å². The van der Waals surface area contributed by atoms with Gasteiger partial charge < -0.3 is 5.32 Å². The first-order chi connectivity index (χ1) is 13.5. The minimum atomic E-state index is -0.0836. The Hall–Kier alpha value is -2.73. The van der Waals surface area contributed by atoms with Crippen molar-refractivity contribution in [3.63, 3.8) is 0 Å². The van der Waals surface area contributed by atoms with Gasteiger partial charge in [-0.3, -0.25) is 14.4 Å². The first-order valence-corrected chi connectivity index (χ1v) is 9.88. The summed E-state index contributed by atoms with van der Waals surface area (Å²) < 4.78 is 1.74. The lowest BCUT2D eigenvalue weighted by Crippen LogP contribution is -2.42. The SMILES string of the molecule is CCN(CC)C(C)CNC(=O)c1cc(-c2ccccc2)nc2c1c(C)nn2C. The van der Waals surface area contributed by atoms with Gasteiger partial charge in [-0.05, 0) is 33.0 Å². The monoisotopic (exact) mass is 379 g/mol. The van der Waals surface area contributed by atoms with Crippen LogP contribution in [0, 0.1) is 6.92 Å². The molecule has 0 fully saturated rings. The summed E-state index contributed by atoms with van der Waals surface area (Å²) in [6.45, 7) is 10.9. The van der Waals surface area contributed by atoms with E-state index in [1.54, 1.807) is 4.68 Å². The molecular weight excluding hydrogens is 350 g/mol. The molecule has 1 unspecified atom stereocenters. The van der Waals surface area contributed by atoms with E-state index in [1.807, 2.05) is 50.4 Å². The minimum Gasteiger partial charge on any atom is -0.350 e. The standard InChI is InChI=1S/C22H29N5O/c1-6-27(7-2)15(3)14-23-22(28)18-13-19(17-11-9-8-10-12-17)24-21-20(18)16(4)25-26(21)5/h8-13,15H,6-7,14H2,1-5H3,(H,23,28). The van der Waals surface area contributed by atoms with Gasteiger partial charge in [0, 0.05) is 25.2 Å². The molecule has 0 aliphatic rings. The number of carbonyl (C=O) groups excluding carboxylic acids is 1. The topological polar surface area (TPSA) is 63.1 Å². The maximum atomic E-state index is 13.1. The third-order valence-corrected chi connectivity index (χ3v) is 5.28. The van der Waals surface area contributed by atoms with E-state index in [4.69, 9.17) is 4.98 Å². The zero-order chi connectivity index (χ0) is 20.3. The Balaban J connectivity index is 1.98. The highest BCUT2D eigenvalue weighted by Crippen LogP contribution is 2.26. The number of aryl methyl sites for hydroxylation is 2. The molecule has 28 heavy (non-hydrogen) atoms. The molecule has 148 valence electrons. The summed E-state index contributed by atoms with van der Waals surface area (Å²) >= 11 is 0. The van der Waals surface area contributed by atoms with Crippen LogP contribution in [0.4, 0.5) is 0 Å². The molecule has 0 radical (unpaired) electrons. The van der Waals surface area contributed by atoms with Gasteiger partial charge in [0.1, 0.15) is 0 Å². The van der Waals surface area contributed by atoms with E-state index in [2.05, 4.69) is 36.1 Å².